The third kappa shape index (κ3) is 5.16. The van der Waals surface area contributed by atoms with Gasteiger partial charge in [0.05, 0.1) is 25.5 Å². The second-order valence-corrected chi connectivity index (χ2v) is 8.39. The van der Waals surface area contributed by atoms with Crippen LogP contribution >= 0.6 is 0 Å². The fraction of sp³-hybridized carbons (Fsp3) is 0.174. The van der Waals surface area contributed by atoms with Crippen LogP contribution in [0.25, 0.3) is 0 Å². The van der Waals surface area contributed by atoms with Gasteiger partial charge in [-0.05, 0) is 48.2 Å². The summed E-state index contributed by atoms with van der Waals surface area (Å²) in [6.07, 6.45) is 0.905. The lowest BCUT2D eigenvalue weighted by Gasteiger charge is -2.15. The van der Waals surface area contributed by atoms with Gasteiger partial charge in [0.1, 0.15) is 16.4 Å². The van der Waals surface area contributed by atoms with Crippen LogP contribution < -0.4 is 14.2 Å². The number of nitrogens with one attached hydrogen (secondary N) is 1. The van der Waals surface area contributed by atoms with Crippen molar-refractivity contribution >= 4 is 21.7 Å². The minimum absolute atomic E-state index is 0.0413. The summed E-state index contributed by atoms with van der Waals surface area (Å²) >= 11 is 0. The van der Waals surface area contributed by atoms with Gasteiger partial charge in [-0.2, -0.15) is 0 Å². The Hall–Kier alpha value is -3.52. The van der Waals surface area contributed by atoms with Gasteiger partial charge in [-0.15, -0.1) is 0 Å². The van der Waals surface area contributed by atoms with E-state index >= 15 is 0 Å². The van der Waals surface area contributed by atoms with Crippen LogP contribution in [0.15, 0.2) is 71.6 Å². The number of carboxylic acids is 1. The molecule has 0 amide bonds. The average Bonchev–Trinajstić information content (AvgIpc) is 2.78. The Morgan fingerprint density at radius 1 is 0.903 bits per heavy atom. The monoisotopic (exact) mass is 441 g/mol. The van der Waals surface area contributed by atoms with E-state index in [0.717, 1.165) is 5.56 Å². The first-order valence-corrected chi connectivity index (χ1v) is 11.0. The van der Waals surface area contributed by atoms with E-state index in [0.29, 0.717) is 29.8 Å². The molecule has 8 heteroatoms. The van der Waals surface area contributed by atoms with Gasteiger partial charge in [0, 0.05) is 6.07 Å². The number of aromatic carboxylic acids is 1. The highest BCUT2D eigenvalue weighted by atomic mass is 32.2. The number of sulfonamides is 1. The SMILES string of the molecule is COc1ccc(OC)c(S(=O)(=O)Nc2ccccc2CCc2ccccc2C(=O)O)c1. The summed E-state index contributed by atoms with van der Waals surface area (Å²) in [7, 11) is -1.11. The molecule has 0 fully saturated rings. The third-order valence-electron chi connectivity index (χ3n) is 4.83. The molecule has 0 unspecified atom stereocenters. The van der Waals surface area contributed by atoms with E-state index in [1.165, 1.54) is 26.4 Å². The van der Waals surface area contributed by atoms with E-state index in [9.17, 15) is 18.3 Å². The van der Waals surface area contributed by atoms with Crippen molar-refractivity contribution in [2.45, 2.75) is 17.7 Å². The molecule has 0 aliphatic heterocycles. The highest BCUT2D eigenvalue weighted by Crippen LogP contribution is 2.30. The molecule has 2 N–H and O–H groups in total. The van der Waals surface area contributed by atoms with Crippen molar-refractivity contribution < 1.29 is 27.8 Å². The second-order valence-electron chi connectivity index (χ2n) is 6.74. The lowest BCUT2D eigenvalue weighted by molar-refractivity contribution is 0.0695. The van der Waals surface area contributed by atoms with Gasteiger partial charge in [0.15, 0.2) is 0 Å². The number of aryl methyl sites for hydroxylation is 2. The minimum Gasteiger partial charge on any atom is -0.497 e. The molecule has 0 saturated carbocycles. The van der Waals surface area contributed by atoms with E-state index in [1.807, 2.05) is 12.1 Å². The molecule has 0 saturated heterocycles. The summed E-state index contributed by atoms with van der Waals surface area (Å²) in [4.78, 5) is 11.4. The number of methoxy groups -OCH3 is 2. The maximum absolute atomic E-state index is 13.1. The van der Waals surface area contributed by atoms with Gasteiger partial charge in [-0.25, -0.2) is 13.2 Å². The fourth-order valence-corrected chi connectivity index (χ4v) is 4.53. The van der Waals surface area contributed by atoms with Crippen LogP contribution in [-0.4, -0.2) is 33.7 Å². The van der Waals surface area contributed by atoms with Crippen LogP contribution in [-0.2, 0) is 22.9 Å². The molecule has 0 heterocycles. The Balaban J connectivity index is 1.88. The van der Waals surface area contributed by atoms with E-state index in [4.69, 9.17) is 9.47 Å². The van der Waals surface area contributed by atoms with Crippen LogP contribution in [0.3, 0.4) is 0 Å². The summed E-state index contributed by atoms with van der Waals surface area (Å²) in [5.74, 6) is -0.407. The summed E-state index contributed by atoms with van der Waals surface area (Å²) < 4.78 is 39.2. The van der Waals surface area contributed by atoms with Gasteiger partial charge < -0.3 is 14.6 Å². The molecule has 3 rings (SSSR count). The Morgan fingerprint density at radius 2 is 1.55 bits per heavy atom. The first kappa shape index (κ1) is 22.2. The van der Waals surface area contributed by atoms with E-state index < -0.39 is 16.0 Å². The van der Waals surface area contributed by atoms with Crippen LogP contribution in [0.2, 0.25) is 0 Å². The van der Waals surface area contributed by atoms with E-state index in [-0.39, 0.29) is 16.2 Å². The zero-order valence-electron chi connectivity index (χ0n) is 17.2. The van der Waals surface area contributed by atoms with Crippen molar-refractivity contribution in [3.63, 3.8) is 0 Å². The smallest absolute Gasteiger partial charge is 0.335 e. The molecule has 0 spiro atoms. The third-order valence-corrected chi connectivity index (χ3v) is 6.22. The zero-order chi connectivity index (χ0) is 22.4. The number of ether oxygens (including phenoxy) is 2. The summed E-state index contributed by atoms with van der Waals surface area (Å²) in [5, 5.41) is 9.37. The predicted octanol–water partition coefficient (Wildman–Crippen LogP) is 3.99. The number of anilines is 1. The Kier molecular flexibility index (Phi) is 6.81. The Labute approximate surface area is 181 Å². The van der Waals surface area contributed by atoms with Crippen molar-refractivity contribution in [3.8, 4) is 11.5 Å². The molecule has 31 heavy (non-hydrogen) atoms. The van der Waals surface area contributed by atoms with Crippen LogP contribution in [0.1, 0.15) is 21.5 Å². The van der Waals surface area contributed by atoms with Crippen molar-refractivity contribution in [1.82, 2.24) is 0 Å². The molecule has 0 atom stereocenters. The van der Waals surface area contributed by atoms with Gasteiger partial charge >= 0.3 is 5.97 Å². The minimum atomic E-state index is -3.96. The van der Waals surface area contributed by atoms with Gasteiger partial charge in [-0.1, -0.05) is 36.4 Å². The molecular weight excluding hydrogens is 418 g/mol. The topological polar surface area (TPSA) is 102 Å². The van der Waals surface area contributed by atoms with Crippen LogP contribution in [0.5, 0.6) is 11.5 Å². The number of para-hydroxylation sites is 1. The number of carboxylic acid groups (broad SMARTS) is 1. The lowest BCUT2D eigenvalue weighted by Crippen LogP contribution is -2.15. The van der Waals surface area contributed by atoms with Crippen molar-refractivity contribution in [2.75, 3.05) is 18.9 Å². The average molecular weight is 442 g/mol. The molecule has 0 bridgehead atoms. The number of hydrogen-bond donors (Lipinski definition) is 2. The van der Waals surface area contributed by atoms with Crippen LogP contribution in [0, 0.1) is 0 Å². The molecule has 0 aliphatic rings. The summed E-state index contributed by atoms with van der Waals surface area (Å²) in [6.45, 7) is 0. The number of carbonyl (C=O) groups is 1. The standard InChI is InChI=1S/C23H23NO6S/c1-29-18-13-14-21(30-2)22(15-18)31(27,28)24-20-10-6-4-8-17(20)12-11-16-7-3-5-9-19(16)23(25)26/h3-10,13-15,24H,11-12H2,1-2H3,(H,25,26). The van der Waals surface area contributed by atoms with Gasteiger partial charge in [0.25, 0.3) is 10.0 Å². The van der Waals surface area contributed by atoms with Crippen molar-refractivity contribution in [3.05, 3.63) is 83.4 Å². The van der Waals surface area contributed by atoms with E-state index in [2.05, 4.69) is 4.72 Å². The second kappa shape index (κ2) is 9.53. The Morgan fingerprint density at radius 3 is 2.23 bits per heavy atom. The van der Waals surface area contributed by atoms with E-state index in [1.54, 1.807) is 42.5 Å². The molecule has 162 valence electrons. The molecule has 0 aliphatic carbocycles. The Bertz CT molecular complexity index is 1190. The number of benzene rings is 3. The molecule has 3 aromatic carbocycles. The van der Waals surface area contributed by atoms with Crippen molar-refractivity contribution in [1.29, 1.82) is 0 Å². The quantitative estimate of drug-likeness (QED) is 0.521. The normalized spacial score (nSPS) is 11.0. The summed E-state index contributed by atoms with van der Waals surface area (Å²) in [6, 6.07) is 18.3. The highest BCUT2D eigenvalue weighted by molar-refractivity contribution is 7.92. The van der Waals surface area contributed by atoms with Crippen LogP contribution in [0.4, 0.5) is 5.69 Å². The maximum Gasteiger partial charge on any atom is 0.335 e. The fourth-order valence-electron chi connectivity index (χ4n) is 3.25. The van der Waals surface area contributed by atoms with Gasteiger partial charge in [0.2, 0.25) is 0 Å². The lowest BCUT2D eigenvalue weighted by atomic mass is 9.99. The van der Waals surface area contributed by atoms with Gasteiger partial charge in [-0.3, -0.25) is 4.72 Å². The van der Waals surface area contributed by atoms with Crippen molar-refractivity contribution in [2.24, 2.45) is 0 Å². The number of rotatable bonds is 9. The largest absolute Gasteiger partial charge is 0.497 e. The first-order valence-electron chi connectivity index (χ1n) is 9.49. The highest BCUT2D eigenvalue weighted by Gasteiger charge is 2.22. The molecular formula is C23H23NO6S. The number of hydrogen-bond acceptors (Lipinski definition) is 5. The molecule has 0 radical (unpaired) electrons. The maximum atomic E-state index is 13.1. The summed E-state index contributed by atoms with van der Waals surface area (Å²) in [5.41, 5.74) is 2.08. The zero-order valence-corrected chi connectivity index (χ0v) is 18.0. The molecule has 3 aromatic rings. The first-order chi connectivity index (χ1) is 14.9. The predicted molar refractivity (Wildman–Crippen MR) is 118 cm³/mol. The molecule has 7 nitrogen and oxygen atoms in total. The molecule has 0 aromatic heterocycles.